The molecule has 0 unspecified atom stereocenters. The van der Waals surface area contributed by atoms with Gasteiger partial charge in [-0.25, -0.2) is 4.79 Å². The average molecular weight is 212 g/mol. The minimum absolute atomic E-state index is 0.00384. The maximum absolute atomic E-state index is 11.8. The summed E-state index contributed by atoms with van der Waals surface area (Å²) >= 11 is 0. The standard InChI is InChI=1S/C12H24N2O/c1-6-8-9-13-11(15)14(10-7-2)12(3,4)5/h7H,2,6,8-10H2,1,3-5H3,(H,13,15). The number of carbonyl (C=O) groups excluding carboxylic acids is 1. The third kappa shape index (κ3) is 5.45. The van der Waals surface area contributed by atoms with E-state index in [0.29, 0.717) is 6.54 Å². The maximum Gasteiger partial charge on any atom is 0.318 e. The first-order chi connectivity index (χ1) is 6.93. The molecule has 0 fully saturated rings. The Morgan fingerprint density at radius 2 is 2.07 bits per heavy atom. The zero-order valence-electron chi connectivity index (χ0n) is 10.5. The van der Waals surface area contributed by atoms with Crippen LogP contribution in [-0.2, 0) is 0 Å². The first-order valence-electron chi connectivity index (χ1n) is 5.59. The van der Waals surface area contributed by atoms with Gasteiger partial charge in [0.15, 0.2) is 0 Å². The zero-order valence-corrected chi connectivity index (χ0v) is 10.5. The summed E-state index contributed by atoms with van der Waals surface area (Å²) in [5, 5.41) is 2.91. The van der Waals surface area contributed by atoms with E-state index in [1.165, 1.54) is 0 Å². The molecule has 88 valence electrons. The van der Waals surface area contributed by atoms with Crippen molar-refractivity contribution in [3.63, 3.8) is 0 Å². The summed E-state index contributed by atoms with van der Waals surface area (Å²) < 4.78 is 0. The molecule has 0 bridgehead atoms. The molecule has 1 N–H and O–H groups in total. The predicted molar refractivity (Wildman–Crippen MR) is 65.0 cm³/mol. The first kappa shape index (κ1) is 14.0. The van der Waals surface area contributed by atoms with Crippen molar-refractivity contribution in [1.29, 1.82) is 0 Å². The molecule has 2 amide bonds. The Morgan fingerprint density at radius 1 is 1.47 bits per heavy atom. The normalized spacial score (nSPS) is 10.9. The second kappa shape index (κ2) is 6.49. The first-order valence-corrected chi connectivity index (χ1v) is 5.59. The van der Waals surface area contributed by atoms with Crippen LogP contribution in [0.1, 0.15) is 40.5 Å². The molecule has 0 spiro atoms. The van der Waals surface area contributed by atoms with E-state index in [9.17, 15) is 4.79 Å². The van der Waals surface area contributed by atoms with Crippen LogP contribution in [0.25, 0.3) is 0 Å². The van der Waals surface area contributed by atoms with E-state index in [2.05, 4.69) is 18.8 Å². The largest absolute Gasteiger partial charge is 0.338 e. The topological polar surface area (TPSA) is 32.3 Å². The fourth-order valence-corrected chi connectivity index (χ4v) is 1.26. The molecule has 0 aromatic carbocycles. The molecule has 15 heavy (non-hydrogen) atoms. The molecule has 0 aliphatic carbocycles. The van der Waals surface area contributed by atoms with Crippen molar-refractivity contribution in [2.24, 2.45) is 0 Å². The molecule has 3 nitrogen and oxygen atoms in total. The van der Waals surface area contributed by atoms with Crippen LogP contribution >= 0.6 is 0 Å². The van der Waals surface area contributed by atoms with Crippen LogP contribution in [0.5, 0.6) is 0 Å². The van der Waals surface area contributed by atoms with Crippen LogP contribution in [0.2, 0.25) is 0 Å². The summed E-state index contributed by atoms with van der Waals surface area (Å²) in [7, 11) is 0. The number of rotatable bonds is 5. The molecule has 0 saturated carbocycles. The highest BCUT2D eigenvalue weighted by atomic mass is 16.2. The Kier molecular flexibility index (Phi) is 6.06. The van der Waals surface area contributed by atoms with Crippen molar-refractivity contribution in [3.05, 3.63) is 12.7 Å². The monoisotopic (exact) mass is 212 g/mol. The second-order valence-electron chi connectivity index (χ2n) is 4.66. The highest BCUT2D eigenvalue weighted by molar-refractivity contribution is 5.75. The molecule has 0 heterocycles. The van der Waals surface area contributed by atoms with Gasteiger partial charge in [0.2, 0.25) is 0 Å². The predicted octanol–water partition coefficient (Wildman–Crippen LogP) is 2.78. The third-order valence-electron chi connectivity index (χ3n) is 2.17. The smallest absolute Gasteiger partial charge is 0.318 e. The Hall–Kier alpha value is -0.990. The van der Waals surface area contributed by atoms with Gasteiger partial charge in [0, 0.05) is 18.6 Å². The van der Waals surface area contributed by atoms with Crippen LogP contribution < -0.4 is 5.32 Å². The Labute approximate surface area is 93.5 Å². The van der Waals surface area contributed by atoms with Crippen LogP contribution in [0.4, 0.5) is 4.79 Å². The minimum atomic E-state index is -0.162. The molecule has 0 aromatic heterocycles. The van der Waals surface area contributed by atoms with Gasteiger partial charge < -0.3 is 10.2 Å². The lowest BCUT2D eigenvalue weighted by molar-refractivity contribution is 0.155. The molecule has 0 atom stereocenters. The van der Waals surface area contributed by atoms with Gasteiger partial charge in [0.1, 0.15) is 0 Å². The number of hydrogen-bond donors (Lipinski definition) is 1. The molecular weight excluding hydrogens is 188 g/mol. The van der Waals surface area contributed by atoms with Gasteiger partial charge in [-0.1, -0.05) is 19.4 Å². The number of hydrogen-bond acceptors (Lipinski definition) is 1. The van der Waals surface area contributed by atoms with Crippen molar-refractivity contribution in [1.82, 2.24) is 10.2 Å². The van der Waals surface area contributed by atoms with Crippen LogP contribution in [-0.4, -0.2) is 29.6 Å². The molecule has 0 aliphatic heterocycles. The lowest BCUT2D eigenvalue weighted by Crippen LogP contribution is -2.50. The van der Waals surface area contributed by atoms with Crippen molar-refractivity contribution in [3.8, 4) is 0 Å². The third-order valence-corrected chi connectivity index (χ3v) is 2.17. The van der Waals surface area contributed by atoms with E-state index in [0.717, 1.165) is 19.4 Å². The van der Waals surface area contributed by atoms with Crippen molar-refractivity contribution in [2.45, 2.75) is 46.1 Å². The fraction of sp³-hybridized carbons (Fsp3) is 0.750. The number of nitrogens with one attached hydrogen (secondary N) is 1. The Balaban J connectivity index is 4.23. The van der Waals surface area contributed by atoms with Gasteiger partial charge in [-0.3, -0.25) is 0 Å². The van der Waals surface area contributed by atoms with Gasteiger partial charge in [-0.15, -0.1) is 6.58 Å². The van der Waals surface area contributed by atoms with Gasteiger partial charge in [0.25, 0.3) is 0 Å². The molecule has 0 aromatic rings. The summed E-state index contributed by atoms with van der Waals surface area (Å²) in [6.45, 7) is 13.2. The van der Waals surface area contributed by atoms with Gasteiger partial charge in [-0.05, 0) is 27.2 Å². The van der Waals surface area contributed by atoms with E-state index in [4.69, 9.17) is 0 Å². The summed E-state index contributed by atoms with van der Waals surface area (Å²) in [4.78, 5) is 13.6. The SMILES string of the molecule is C=CCN(C(=O)NCCCC)C(C)(C)C. The van der Waals surface area contributed by atoms with E-state index in [1.54, 1.807) is 11.0 Å². The molecule has 3 heteroatoms. The molecule has 0 rings (SSSR count). The minimum Gasteiger partial charge on any atom is -0.338 e. The van der Waals surface area contributed by atoms with Crippen molar-refractivity contribution >= 4 is 6.03 Å². The van der Waals surface area contributed by atoms with Gasteiger partial charge in [0.05, 0.1) is 0 Å². The molecule has 0 saturated heterocycles. The lowest BCUT2D eigenvalue weighted by Gasteiger charge is -2.34. The van der Waals surface area contributed by atoms with E-state index < -0.39 is 0 Å². The number of unbranched alkanes of at least 4 members (excludes halogenated alkanes) is 1. The number of urea groups is 1. The number of carbonyl (C=O) groups is 1. The van der Waals surface area contributed by atoms with Crippen LogP contribution in [0, 0.1) is 0 Å². The highest BCUT2D eigenvalue weighted by Gasteiger charge is 2.24. The summed E-state index contributed by atoms with van der Waals surface area (Å²) in [5.74, 6) is 0. The lowest BCUT2D eigenvalue weighted by atomic mass is 10.1. The Bertz CT molecular complexity index is 206. The maximum atomic E-state index is 11.8. The molecular formula is C12H24N2O. The van der Waals surface area contributed by atoms with Crippen molar-refractivity contribution in [2.75, 3.05) is 13.1 Å². The van der Waals surface area contributed by atoms with Gasteiger partial charge in [-0.2, -0.15) is 0 Å². The van der Waals surface area contributed by atoms with Gasteiger partial charge >= 0.3 is 6.03 Å². The van der Waals surface area contributed by atoms with Crippen molar-refractivity contribution < 1.29 is 4.79 Å². The summed E-state index contributed by atoms with van der Waals surface area (Å²) in [6.07, 6.45) is 3.87. The van der Waals surface area contributed by atoms with Crippen LogP contribution in [0.15, 0.2) is 12.7 Å². The summed E-state index contributed by atoms with van der Waals surface area (Å²) in [6, 6.07) is -0.00384. The number of amides is 2. The van der Waals surface area contributed by atoms with E-state index >= 15 is 0 Å². The second-order valence-corrected chi connectivity index (χ2v) is 4.66. The average Bonchev–Trinajstić information content (AvgIpc) is 2.12. The zero-order chi connectivity index (χ0) is 11.9. The molecule has 0 aliphatic rings. The van der Waals surface area contributed by atoms with E-state index in [-0.39, 0.29) is 11.6 Å². The summed E-state index contributed by atoms with van der Waals surface area (Å²) in [5.41, 5.74) is -0.162. The fourth-order valence-electron chi connectivity index (χ4n) is 1.26. The Morgan fingerprint density at radius 3 is 2.47 bits per heavy atom. The number of nitrogens with zero attached hydrogens (tertiary/aromatic N) is 1. The highest BCUT2D eigenvalue weighted by Crippen LogP contribution is 2.12. The molecule has 0 radical (unpaired) electrons. The van der Waals surface area contributed by atoms with Crippen LogP contribution in [0.3, 0.4) is 0 Å². The van der Waals surface area contributed by atoms with E-state index in [1.807, 2.05) is 20.8 Å². The quantitative estimate of drug-likeness (QED) is 0.551.